The fourth-order valence-corrected chi connectivity index (χ4v) is 3.14. The van der Waals surface area contributed by atoms with Crippen LogP contribution >= 0.6 is 12.4 Å². The molecule has 0 spiro atoms. The Morgan fingerprint density at radius 1 is 1.39 bits per heavy atom. The smallest absolute Gasteiger partial charge is 0.234 e. The Hall–Kier alpha value is -0.320. The van der Waals surface area contributed by atoms with Crippen LogP contribution in [0.2, 0.25) is 0 Å². The Kier molecular flexibility index (Phi) is 6.39. The van der Waals surface area contributed by atoms with Crippen LogP contribution in [0.4, 0.5) is 0 Å². The number of nitrogens with two attached hydrogens (primary N) is 1. The Morgan fingerprint density at radius 3 is 2.61 bits per heavy atom. The van der Waals surface area contributed by atoms with Crippen molar-refractivity contribution in [2.75, 3.05) is 19.6 Å². The van der Waals surface area contributed by atoms with E-state index in [0.29, 0.717) is 24.5 Å². The van der Waals surface area contributed by atoms with Gasteiger partial charge in [0.25, 0.3) is 0 Å². The molecule has 2 aliphatic rings. The van der Waals surface area contributed by atoms with Crippen LogP contribution in [0.1, 0.15) is 39.0 Å². The van der Waals surface area contributed by atoms with Crippen molar-refractivity contribution in [1.29, 1.82) is 0 Å². The highest BCUT2D eigenvalue weighted by Crippen LogP contribution is 2.22. The van der Waals surface area contributed by atoms with Crippen molar-refractivity contribution in [2.24, 2.45) is 11.7 Å². The summed E-state index contributed by atoms with van der Waals surface area (Å²) < 4.78 is 0. The predicted molar refractivity (Wildman–Crippen MR) is 75.8 cm³/mol. The Labute approximate surface area is 116 Å². The standard InChI is InChI=1S/C13H25N3O.ClH/c1-10-6-11(7-14)8-16(10)9-13(17)15-12-4-2-3-5-12;/h10-12H,2-9,14H2,1H3,(H,15,17);1H. The van der Waals surface area contributed by atoms with Gasteiger partial charge in [-0.3, -0.25) is 9.69 Å². The van der Waals surface area contributed by atoms with Crippen LogP contribution in [-0.4, -0.2) is 42.5 Å². The van der Waals surface area contributed by atoms with E-state index < -0.39 is 0 Å². The Balaban J connectivity index is 0.00000162. The molecule has 3 N–H and O–H groups in total. The first-order valence-corrected chi connectivity index (χ1v) is 6.92. The molecule has 1 amide bonds. The molecule has 1 aliphatic heterocycles. The number of amides is 1. The second-order valence-corrected chi connectivity index (χ2v) is 5.66. The summed E-state index contributed by atoms with van der Waals surface area (Å²) in [7, 11) is 0. The lowest BCUT2D eigenvalue weighted by atomic mass is 10.1. The molecule has 2 rings (SSSR count). The van der Waals surface area contributed by atoms with E-state index in [9.17, 15) is 4.79 Å². The van der Waals surface area contributed by atoms with Gasteiger partial charge < -0.3 is 11.1 Å². The maximum atomic E-state index is 11.9. The molecule has 0 aromatic rings. The van der Waals surface area contributed by atoms with E-state index in [1.807, 2.05) is 0 Å². The number of hydrogen-bond acceptors (Lipinski definition) is 3. The zero-order chi connectivity index (χ0) is 12.3. The lowest BCUT2D eigenvalue weighted by Crippen LogP contribution is -2.42. The van der Waals surface area contributed by atoms with E-state index in [2.05, 4.69) is 17.1 Å². The topological polar surface area (TPSA) is 58.4 Å². The SMILES string of the molecule is CC1CC(CN)CN1CC(=O)NC1CCCC1.Cl. The van der Waals surface area contributed by atoms with Gasteiger partial charge in [0.1, 0.15) is 0 Å². The van der Waals surface area contributed by atoms with Crippen molar-refractivity contribution >= 4 is 18.3 Å². The van der Waals surface area contributed by atoms with Crippen molar-refractivity contribution in [3.63, 3.8) is 0 Å². The Bertz CT molecular complexity index is 269. The second-order valence-electron chi connectivity index (χ2n) is 5.66. The van der Waals surface area contributed by atoms with Gasteiger partial charge in [-0.15, -0.1) is 12.4 Å². The first kappa shape index (κ1) is 15.7. The zero-order valence-electron chi connectivity index (χ0n) is 11.2. The predicted octanol–water partition coefficient (Wildman–Crippen LogP) is 1.14. The van der Waals surface area contributed by atoms with Gasteiger partial charge >= 0.3 is 0 Å². The molecular formula is C13H26ClN3O. The van der Waals surface area contributed by atoms with Crippen LogP contribution in [0.3, 0.4) is 0 Å². The minimum absolute atomic E-state index is 0. The molecule has 0 radical (unpaired) electrons. The molecule has 0 aromatic carbocycles. The average Bonchev–Trinajstić information content (AvgIpc) is 2.89. The summed E-state index contributed by atoms with van der Waals surface area (Å²) >= 11 is 0. The van der Waals surface area contributed by atoms with Gasteiger partial charge in [-0.2, -0.15) is 0 Å². The van der Waals surface area contributed by atoms with E-state index in [1.165, 1.54) is 12.8 Å². The van der Waals surface area contributed by atoms with Gasteiger partial charge in [-0.1, -0.05) is 12.8 Å². The van der Waals surface area contributed by atoms with Crippen LogP contribution < -0.4 is 11.1 Å². The minimum Gasteiger partial charge on any atom is -0.352 e. The summed E-state index contributed by atoms with van der Waals surface area (Å²) in [5, 5.41) is 3.15. The molecule has 1 heterocycles. The van der Waals surface area contributed by atoms with E-state index in [0.717, 1.165) is 32.4 Å². The molecule has 4 nitrogen and oxygen atoms in total. The number of likely N-dealkylation sites (tertiary alicyclic amines) is 1. The van der Waals surface area contributed by atoms with Crippen molar-refractivity contribution in [1.82, 2.24) is 10.2 Å². The number of rotatable bonds is 4. The summed E-state index contributed by atoms with van der Waals surface area (Å²) in [6, 6.07) is 0.934. The fraction of sp³-hybridized carbons (Fsp3) is 0.923. The number of hydrogen-bond donors (Lipinski definition) is 2. The van der Waals surface area contributed by atoms with E-state index in [4.69, 9.17) is 5.73 Å². The first-order chi connectivity index (χ1) is 8.19. The van der Waals surface area contributed by atoms with Gasteiger partial charge in [0.05, 0.1) is 6.54 Å². The van der Waals surface area contributed by atoms with Crippen LogP contribution in [0.5, 0.6) is 0 Å². The third-order valence-corrected chi connectivity index (χ3v) is 4.19. The zero-order valence-corrected chi connectivity index (χ0v) is 12.0. The van der Waals surface area contributed by atoms with Crippen molar-refractivity contribution in [3.05, 3.63) is 0 Å². The number of halogens is 1. The first-order valence-electron chi connectivity index (χ1n) is 6.92. The third-order valence-electron chi connectivity index (χ3n) is 4.19. The van der Waals surface area contributed by atoms with Crippen molar-refractivity contribution in [2.45, 2.75) is 51.1 Å². The molecule has 0 aromatic heterocycles. The molecule has 1 saturated heterocycles. The largest absolute Gasteiger partial charge is 0.352 e. The van der Waals surface area contributed by atoms with Crippen molar-refractivity contribution < 1.29 is 4.79 Å². The summed E-state index contributed by atoms with van der Waals surface area (Å²) in [6.07, 6.45) is 5.98. The molecule has 2 atom stereocenters. The van der Waals surface area contributed by atoms with E-state index in [-0.39, 0.29) is 18.3 Å². The lowest BCUT2D eigenvalue weighted by molar-refractivity contribution is -0.123. The van der Waals surface area contributed by atoms with Crippen LogP contribution in [0.15, 0.2) is 0 Å². The summed E-state index contributed by atoms with van der Waals surface area (Å²) in [6.45, 7) is 4.47. The van der Waals surface area contributed by atoms with Crippen molar-refractivity contribution in [3.8, 4) is 0 Å². The van der Waals surface area contributed by atoms with Gasteiger partial charge in [-0.25, -0.2) is 0 Å². The average molecular weight is 276 g/mol. The molecule has 5 heteroatoms. The highest BCUT2D eigenvalue weighted by atomic mass is 35.5. The van der Waals surface area contributed by atoms with Gasteiger partial charge in [0, 0.05) is 18.6 Å². The highest BCUT2D eigenvalue weighted by Gasteiger charge is 2.29. The van der Waals surface area contributed by atoms with E-state index >= 15 is 0 Å². The number of nitrogens with zero attached hydrogens (tertiary/aromatic N) is 1. The van der Waals surface area contributed by atoms with Crippen LogP contribution in [0, 0.1) is 5.92 Å². The fourth-order valence-electron chi connectivity index (χ4n) is 3.14. The summed E-state index contributed by atoms with van der Waals surface area (Å²) in [5.41, 5.74) is 5.69. The van der Waals surface area contributed by atoms with Gasteiger partial charge in [0.15, 0.2) is 0 Å². The molecule has 1 saturated carbocycles. The maximum Gasteiger partial charge on any atom is 0.234 e. The molecular weight excluding hydrogens is 250 g/mol. The molecule has 1 aliphatic carbocycles. The monoisotopic (exact) mass is 275 g/mol. The highest BCUT2D eigenvalue weighted by molar-refractivity contribution is 5.85. The van der Waals surface area contributed by atoms with Gasteiger partial charge in [0.2, 0.25) is 5.91 Å². The maximum absolute atomic E-state index is 11.9. The third kappa shape index (κ3) is 4.11. The number of carbonyl (C=O) groups is 1. The molecule has 2 fully saturated rings. The number of nitrogens with one attached hydrogen (secondary N) is 1. The minimum atomic E-state index is 0. The Morgan fingerprint density at radius 2 is 2.06 bits per heavy atom. The van der Waals surface area contributed by atoms with E-state index in [1.54, 1.807) is 0 Å². The quantitative estimate of drug-likeness (QED) is 0.809. The van der Waals surface area contributed by atoms with Gasteiger partial charge in [-0.05, 0) is 38.6 Å². The summed E-state index contributed by atoms with van der Waals surface area (Å²) in [4.78, 5) is 14.2. The summed E-state index contributed by atoms with van der Waals surface area (Å²) in [5.74, 6) is 0.769. The second kappa shape index (κ2) is 7.31. The molecule has 106 valence electrons. The molecule has 18 heavy (non-hydrogen) atoms. The van der Waals surface area contributed by atoms with Crippen LogP contribution in [0.25, 0.3) is 0 Å². The number of carbonyl (C=O) groups excluding carboxylic acids is 1. The molecule has 0 bridgehead atoms. The molecule has 2 unspecified atom stereocenters. The normalized spacial score (nSPS) is 29.2. The lowest BCUT2D eigenvalue weighted by Gasteiger charge is -2.21. The van der Waals surface area contributed by atoms with Crippen LogP contribution in [-0.2, 0) is 4.79 Å².